The molecule has 0 fully saturated rings. The number of halogens is 1. The van der Waals surface area contributed by atoms with E-state index in [9.17, 15) is 9.59 Å². The molecule has 0 amide bonds. The predicted octanol–water partition coefficient (Wildman–Crippen LogP) is 5.74. The van der Waals surface area contributed by atoms with Gasteiger partial charge in [0.05, 0.1) is 17.6 Å². The standard InChI is InChI=1S/C23H21BrO5/c1-4-27-23(26)22-20(15-5-7-16(24)8-6-15)21(25)18-10-9-17(13-19(18)29-22)28-12-11-14(2)3/h5-11,13H,4,12H2,1-3H3. The zero-order valence-corrected chi connectivity index (χ0v) is 18.0. The summed E-state index contributed by atoms with van der Waals surface area (Å²) in [5.41, 5.74) is 1.87. The summed E-state index contributed by atoms with van der Waals surface area (Å²) >= 11 is 3.37. The summed E-state index contributed by atoms with van der Waals surface area (Å²) in [5, 5.41) is 0.366. The monoisotopic (exact) mass is 456 g/mol. The number of fused-ring (bicyclic) bond motifs is 1. The smallest absolute Gasteiger partial charge is 0.375 e. The highest BCUT2D eigenvalue weighted by atomic mass is 79.9. The number of ether oxygens (including phenoxy) is 2. The lowest BCUT2D eigenvalue weighted by molar-refractivity contribution is 0.0492. The molecule has 0 saturated carbocycles. The highest BCUT2D eigenvalue weighted by molar-refractivity contribution is 9.10. The van der Waals surface area contributed by atoms with Gasteiger partial charge in [-0.05, 0) is 56.7 Å². The van der Waals surface area contributed by atoms with Gasteiger partial charge in [-0.1, -0.05) is 33.6 Å². The van der Waals surface area contributed by atoms with Crippen molar-refractivity contribution in [3.8, 4) is 16.9 Å². The number of allylic oxidation sites excluding steroid dienone is 1. The first kappa shape index (κ1) is 20.9. The van der Waals surface area contributed by atoms with Crippen LogP contribution in [-0.4, -0.2) is 19.2 Å². The number of rotatable bonds is 6. The normalized spacial score (nSPS) is 10.6. The molecular formula is C23H21BrO5. The molecule has 0 saturated heterocycles. The van der Waals surface area contributed by atoms with Crippen LogP contribution in [0.2, 0.25) is 0 Å². The van der Waals surface area contributed by atoms with Gasteiger partial charge in [-0.15, -0.1) is 0 Å². The van der Waals surface area contributed by atoms with E-state index in [0.717, 1.165) is 10.0 Å². The van der Waals surface area contributed by atoms with E-state index in [1.807, 2.05) is 19.9 Å². The molecule has 0 aliphatic carbocycles. The maximum atomic E-state index is 13.2. The van der Waals surface area contributed by atoms with Gasteiger partial charge in [0, 0.05) is 10.5 Å². The van der Waals surface area contributed by atoms with Gasteiger partial charge in [0.1, 0.15) is 17.9 Å². The molecule has 5 nitrogen and oxygen atoms in total. The quantitative estimate of drug-likeness (QED) is 0.349. The summed E-state index contributed by atoms with van der Waals surface area (Å²) in [5.74, 6) is -0.252. The Morgan fingerprint density at radius 2 is 1.86 bits per heavy atom. The molecule has 1 heterocycles. The van der Waals surface area contributed by atoms with Crippen LogP contribution in [0.25, 0.3) is 22.1 Å². The van der Waals surface area contributed by atoms with E-state index >= 15 is 0 Å². The number of hydrogen-bond acceptors (Lipinski definition) is 5. The van der Waals surface area contributed by atoms with Crippen LogP contribution in [0.4, 0.5) is 0 Å². The molecule has 2 aromatic carbocycles. The van der Waals surface area contributed by atoms with E-state index in [-0.39, 0.29) is 28.9 Å². The minimum atomic E-state index is -0.680. The second-order valence-corrected chi connectivity index (χ2v) is 7.53. The molecule has 0 spiro atoms. The summed E-state index contributed by atoms with van der Waals surface area (Å²) in [6.45, 7) is 6.24. The van der Waals surface area contributed by atoms with Crippen LogP contribution >= 0.6 is 15.9 Å². The van der Waals surface area contributed by atoms with Crippen molar-refractivity contribution in [2.75, 3.05) is 13.2 Å². The van der Waals surface area contributed by atoms with Gasteiger partial charge < -0.3 is 13.9 Å². The van der Waals surface area contributed by atoms with Crippen LogP contribution < -0.4 is 10.2 Å². The van der Waals surface area contributed by atoms with E-state index in [2.05, 4.69) is 15.9 Å². The van der Waals surface area contributed by atoms with Crippen LogP contribution in [0.15, 0.2) is 67.8 Å². The Bertz CT molecular complexity index is 1120. The number of benzene rings is 2. The van der Waals surface area contributed by atoms with Gasteiger partial charge in [-0.3, -0.25) is 4.79 Å². The van der Waals surface area contributed by atoms with Gasteiger partial charge in [-0.2, -0.15) is 0 Å². The van der Waals surface area contributed by atoms with Crippen molar-refractivity contribution in [3.05, 3.63) is 74.6 Å². The lowest BCUT2D eigenvalue weighted by atomic mass is 10.0. The van der Waals surface area contributed by atoms with Crippen molar-refractivity contribution in [1.82, 2.24) is 0 Å². The van der Waals surface area contributed by atoms with Gasteiger partial charge in [-0.25, -0.2) is 4.79 Å². The topological polar surface area (TPSA) is 65.7 Å². The molecule has 0 aliphatic rings. The first-order valence-corrected chi connectivity index (χ1v) is 10.00. The maximum Gasteiger partial charge on any atom is 0.375 e. The Kier molecular flexibility index (Phi) is 6.54. The Labute approximate surface area is 177 Å². The van der Waals surface area contributed by atoms with Crippen LogP contribution in [0.5, 0.6) is 5.75 Å². The Balaban J connectivity index is 2.16. The highest BCUT2D eigenvalue weighted by Crippen LogP contribution is 2.28. The van der Waals surface area contributed by atoms with E-state index in [1.54, 1.807) is 49.4 Å². The molecule has 6 heteroatoms. The molecule has 29 heavy (non-hydrogen) atoms. The fraction of sp³-hybridized carbons (Fsp3) is 0.217. The Hall–Kier alpha value is -2.86. The van der Waals surface area contributed by atoms with Crippen molar-refractivity contribution in [3.63, 3.8) is 0 Å². The zero-order chi connectivity index (χ0) is 21.0. The SMILES string of the molecule is CCOC(=O)c1oc2cc(OCC=C(C)C)ccc2c(=O)c1-c1ccc(Br)cc1. The predicted molar refractivity (Wildman–Crippen MR) is 117 cm³/mol. The summed E-state index contributed by atoms with van der Waals surface area (Å²) in [4.78, 5) is 25.8. The molecule has 0 N–H and O–H groups in total. The fourth-order valence-electron chi connectivity index (χ4n) is 2.79. The number of hydrogen-bond donors (Lipinski definition) is 0. The van der Waals surface area contributed by atoms with Crippen molar-refractivity contribution >= 4 is 32.9 Å². The van der Waals surface area contributed by atoms with Crippen LogP contribution in [0.1, 0.15) is 31.3 Å². The average molecular weight is 457 g/mol. The molecular weight excluding hydrogens is 436 g/mol. The lowest BCUT2D eigenvalue weighted by Crippen LogP contribution is -2.15. The van der Waals surface area contributed by atoms with Gasteiger partial charge in [0.25, 0.3) is 0 Å². The lowest BCUT2D eigenvalue weighted by Gasteiger charge is -2.11. The molecule has 0 atom stereocenters. The van der Waals surface area contributed by atoms with Crippen molar-refractivity contribution in [2.45, 2.75) is 20.8 Å². The average Bonchev–Trinajstić information content (AvgIpc) is 2.68. The third-order valence-corrected chi connectivity index (χ3v) is 4.73. The van der Waals surface area contributed by atoms with Gasteiger partial charge in [0.15, 0.2) is 0 Å². The molecule has 3 aromatic rings. The zero-order valence-electron chi connectivity index (χ0n) is 16.5. The summed E-state index contributed by atoms with van der Waals surface area (Å²) < 4.78 is 17.5. The second-order valence-electron chi connectivity index (χ2n) is 6.61. The number of carbonyl (C=O) groups is 1. The maximum absolute atomic E-state index is 13.2. The van der Waals surface area contributed by atoms with Crippen molar-refractivity contribution < 1.29 is 18.7 Å². The largest absolute Gasteiger partial charge is 0.489 e. The number of carbonyl (C=O) groups excluding carboxylic acids is 1. The summed E-state index contributed by atoms with van der Waals surface area (Å²) in [6.07, 6.45) is 1.95. The third-order valence-electron chi connectivity index (χ3n) is 4.20. The molecule has 0 bridgehead atoms. The van der Waals surface area contributed by atoms with Crippen LogP contribution in [0.3, 0.4) is 0 Å². The highest BCUT2D eigenvalue weighted by Gasteiger charge is 2.23. The van der Waals surface area contributed by atoms with Crippen molar-refractivity contribution in [2.24, 2.45) is 0 Å². The minimum Gasteiger partial charge on any atom is -0.489 e. The molecule has 150 valence electrons. The summed E-state index contributed by atoms with van der Waals surface area (Å²) in [7, 11) is 0. The van der Waals surface area contributed by atoms with Crippen LogP contribution in [-0.2, 0) is 4.74 Å². The van der Waals surface area contributed by atoms with E-state index in [0.29, 0.717) is 23.3 Å². The van der Waals surface area contributed by atoms with Gasteiger partial charge >= 0.3 is 5.97 Å². The Morgan fingerprint density at radius 3 is 2.52 bits per heavy atom. The molecule has 0 radical (unpaired) electrons. The third kappa shape index (κ3) is 4.77. The second kappa shape index (κ2) is 9.09. The van der Waals surface area contributed by atoms with E-state index in [1.165, 1.54) is 0 Å². The number of esters is 1. The molecule has 0 unspecified atom stereocenters. The molecule has 0 aliphatic heterocycles. The van der Waals surface area contributed by atoms with E-state index in [4.69, 9.17) is 13.9 Å². The first-order valence-electron chi connectivity index (χ1n) is 9.20. The minimum absolute atomic E-state index is 0.117. The fourth-order valence-corrected chi connectivity index (χ4v) is 3.05. The van der Waals surface area contributed by atoms with Gasteiger partial charge in [0.2, 0.25) is 11.2 Å². The van der Waals surface area contributed by atoms with E-state index < -0.39 is 5.97 Å². The van der Waals surface area contributed by atoms with Crippen LogP contribution in [0, 0.1) is 0 Å². The molecule has 1 aromatic heterocycles. The molecule has 3 rings (SSSR count). The first-order chi connectivity index (χ1) is 13.9. The Morgan fingerprint density at radius 1 is 1.14 bits per heavy atom. The summed E-state index contributed by atoms with van der Waals surface area (Å²) in [6, 6.07) is 12.1. The van der Waals surface area contributed by atoms with Crippen molar-refractivity contribution in [1.29, 1.82) is 0 Å².